The number of ether oxygens (including phenoxy) is 1. The molecule has 5 heteroatoms. The smallest absolute Gasteiger partial charge is 0.137 e. The number of hydrogen-bond donors (Lipinski definition) is 1. The zero-order valence-electron chi connectivity index (χ0n) is 11.7. The van der Waals surface area contributed by atoms with Gasteiger partial charge in [0, 0.05) is 18.0 Å². The lowest BCUT2D eigenvalue weighted by molar-refractivity contribution is 0.415. The monoisotopic (exact) mass is 291 g/mol. The summed E-state index contributed by atoms with van der Waals surface area (Å²) >= 11 is 6.19. The maximum absolute atomic E-state index is 6.26. The van der Waals surface area contributed by atoms with E-state index in [4.69, 9.17) is 27.1 Å². The van der Waals surface area contributed by atoms with Crippen LogP contribution in [0.4, 0.5) is 5.82 Å². The van der Waals surface area contributed by atoms with Crippen LogP contribution in [0.15, 0.2) is 18.2 Å². The van der Waals surface area contributed by atoms with Crippen LogP contribution < -0.4 is 10.5 Å². The van der Waals surface area contributed by atoms with Crippen molar-refractivity contribution in [3.63, 3.8) is 0 Å². The number of halogens is 1. The molecule has 0 unspecified atom stereocenters. The molecule has 0 bridgehead atoms. The maximum Gasteiger partial charge on any atom is 0.137 e. The van der Waals surface area contributed by atoms with Crippen LogP contribution >= 0.6 is 11.6 Å². The van der Waals surface area contributed by atoms with E-state index in [-0.39, 0.29) is 0 Å². The standard InChI is InChI=1S/C15H18ClN3O/c1-3-19-14(17)13(18-15(19)9-4-5-9)10-6-7-12(20-2)11(16)8-10/h6-9H,3-5,17H2,1-2H3. The molecule has 2 aromatic rings. The molecule has 106 valence electrons. The van der Waals surface area contributed by atoms with Crippen molar-refractivity contribution in [2.24, 2.45) is 0 Å². The third-order valence-electron chi connectivity index (χ3n) is 3.72. The topological polar surface area (TPSA) is 53.1 Å². The lowest BCUT2D eigenvalue weighted by Gasteiger charge is -2.06. The molecule has 0 spiro atoms. The molecule has 0 atom stereocenters. The van der Waals surface area contributed by atoms with Crippen molar-refractivity contribution in [1.82, 2.24) is 9.55 Å². The second kappa shape index (κ2) is 5.02. The largest absolute Gasteiger partial charge is 0.495 e. The third kappa shape index (κ3) is 2.14. The third-order valence-corrected chi connectivity index (χ3v) is 4.02. The first kappa shape index (κ1) is 13.3. The molecule has 4 nitrogen and oxygen atoms in total. The zero-order valence-corrected chi connectivity index (χ0v) is 12.4. The van der Waals surface area contributed by atoms with Crippen molar-refractivity contribution in [1.29, 1.82) is 0 Å². The first-order valence-corrected chi connectivity index (χ1v) is 7.23. The van der Waals surface area contributed by atoms with E-state index in [2.05, 4.69) is 11.5 Å². The van der Waals surface area contributed by atoms with Crippen molar-refractivity contribution >= 4 is 17.4 Å². The van der Waals surface area contributed by atoms with Gasteiger partial charge in [-0.1, -0.05) is 11.6 Å². The Morgan fingerprint density at radius 1 is 1.45 bits per heavy atom. The Kier molecular flexibility index (Phi) is 3.34. The molecule has 1 saturated carbocycles. The molecule has 20 heavy (non-hydrogen) atoms. The van der Waals surface area contributed by atoms with Crippen LogP contribution in [0.5, 0.6) is 5.75 Å². The summed E-state index contributed by atoms with van der Waals surface area (Å²) in [6, 6.07) is 5.65. The minimum atomic E-state index is 0.569. The van der Waals surface area contributed by atoms with Crippen LogP contribution in [-0.4, -0.2) is 16.7 Å². The van der Waals surface area contributed by atoms with Crippen LogP contribution in [0.25, 0.3) is 11.3 Å². The summed E-state index contributed by atoms with van der Waals surface area (Å²) in [5.41, 5.74) is 8.01. The Labute approximate surface area is 123 Å². The lowest BCUT2D eigenvalue weighted by atomic mass is 10.1. The zero-order chi connectivity index (χ0) is 14.3. The molecule has 0 aliphatic heterocycles. The van der Waals surface area contributed by atoms with Gasteiger partial charge >= 0.3 is 0 Å². The van der Waals surface area contributed by atoms with Gasteiger partial charge in [0.25, 0.3) is 0 Å². The Morgan fingerprint density at radius 2 is 2.20 bits per heavy atom. The molecule has 1 aliphatic rings. The molecular weight excluding hydrogens is 274 g/mol. The number of hydrogen-bond acceptors (Lipinski definition) is 3. The summed E-state index contributed by atoms with van der Waals surface area (Å²) in [4.78, 5) is 4.75. The van der Waals surface area contributed by atoms with Gasteiger partial charge in [0.2, 0.25) is 0 Å². The number of nitrogens with two attached hydrogens (primary N) is 1. The normalized spacial score (nSPS) is 14.6. The number of anilines is 1. The van der Waals surface area contributed by atoms with Crippen LogP contribution in [0.1, 0.15) is 31.5 Å². The SMILES string of the molecule is CCn1c(C2CC2)nc(-c2ccc(OC)c(Cl)c2)c1N. The number of nitrogens with zero attached hydrogens (tertiary/aromatic N) is 2. The molecule has 1 fully saturated rings. The average Bonchev–Trinajstić information content (AvgIpc) is 3.23. The fourth-order valence-corrected chi connectivity index (χ4v) is 2.75. The van der Waals surface area contributed by atoms with Gasteiger partial charge in [-0.25, -0.2) is 4.98 Å². The highest BCUT2D eigenvalue weighted by Gasteiger charge is 2.30. The van der Waals surface area contributed by atoms with Crippen molar-refractivity contribution in [2.45, 2.75) is 32.2 Å². The number of methoxy groups -OCH3 is 1. The summed E-state index contributed by atoms with van der Waals surface area (Å²) in [6.45, 7) is 2.93. The van der Waals surface area contributed by atoms with E-state index >= 15 is 0 Å². The highest BCUT2D eigenvalue weighted by Crippen LogP contribution is 2.42. The number of benzene rings is 1. The minimum Gasteiger partial charge on any atom is -0.495 e. The molecule has 1 aliphatic carbocycles. The van der Waals surface area contributed by atoms with E-state index in [0.717, 1.165) is 29.4 Å². The van der Waals surface area contributed by atoms with Gasteiger partial charge in [0.05, 0.1) is 12.1 Å². The maximum atomic E-state index is 6.26. The summed E-state index contributed by atoms with van der Waals surface area (Å²) in [7, 11) is 1.60. The van der Waals surface area contributed by atoms with E-state index < -0.39 is 0 Å². The highest BCUT2D eigenvalue weighted by atomic mass is 35.5. The van der Waals surface area contributed by atoms with Crippen LogP contribution in [0, 0.1) is 0 Å². The number of imidazole rings is 1. The number of rotatable bonds is 4. The van der Waals surface area contributed by atoms with Gasteiger partial charge in [0.1, 0.15) is 23.1 Å². The van der Waals surface area contributed by atoms with Crippen molar-refractivity contribution in [3.8, 4) is 17.0 Å². The van der Waals surface area contributed by atoms with Gasteiger partial charge in [-0.15, -0.1) is 0 Å². The molecule has 2 N–H and O–H groups in total. The summed E-state index contributed by atoms with van der Waals surface area (Å²) in [5, 5.41) is 0.573. The molecular formula is C15H18ClN3O. The van der Waals surface area contributed by atoms with Crippen molar-refractivity contribution < 1.29 is 4.74 Å². The minimum absolute atomic E-state index is 0.569. The predicted octanol–water partition coefficient (Wildman–Crippen LogP) is 3.69. The van der Waals surface area contributed by atoms with Crippen LogP contribution in [0.2, 0.25) is 5.02 Å². The van der Waals surface area contributed by atoms with E-state index in [1.807, 2.05) is 18.2 Å². The fourth-order valence-electron chi connectivity index (χ4n) is 2.50. The second-order valence-electron chi connectivity index (χ2n) is 5.07. The van der Waals surface area contributed by atoms with Gasteiger partial charge < -0.3 is 15.0 Å². The van der Waals surface area contributed by atoms with Gasteiger partial charge in [0.15, 0.2) is 0 Å². The Balaban J connectivity index is 2.07. The first-order chi connectivity index (χ1) is 9.65. The Hall–Kier alpha value is -1.68. The second-order valence-corrected chi connectivity index (χ2v) is 5.48. The molecule has 1 aromatic heterocycles. The van der Waals surface area contributed by atoms with Crippen molar-refractivity contribution in [3.05, 3.63) is 29.0 Å². The Bertz CT molecular complexity index is 647. The predicted molar refractivity (Wildman–Crippen MR) is 81.3 cm³/mol. The summed E-state index contributed by atoms with van der Waals surface area (Å²) in [6.07, 6.45) is 2.42. The van der Waals surface area contributed by atoms with Gasteiger partial charge in [-0.3, -0.25) is 0 Å². The van der Waals surface area contributed by atoms with Crippen molar-refractivity contribution in [2.75, 3.05) is 12.8 Å². The fraction of sp³-hybridized carbons (Fsp3) is 0.400. The van der Waals surface area contributed by atoms with Crippen LogP contribution in [-0.2, 0) is 6.54 Å². The quantitative estimate of drug-likeness (QED) is 0.934. The Morgan fingerprint density at radius 3 is 2.75 bits per heavy atom. The average molecular weight is 292 g/mol. The first-order valence-electron chi connectivity index (χ1n) is 6.85. The summed E-state index contributed by atoms with van der Waals surface area (Å²) in [5.74, 6) is 3.05. The molecule has 0 saturated heterocycles. The molecule has 0 radical (unpaired) electrons. The summed E-state index contributed by atoms with van der Waals surface area (Å²) < 4.78 is 7.28. The molecule has 3 rings (SSSR count). The molecule has 1 aromatic carbocycles. The number of aromatic nitrogens is 2. The van der Waals surface area contributed by atoms with E-state index in [1.165, 1.54) is 12.8 Å². The van der Waals surface area contributed by atoms with Gasteiger partial charge in [-0.05, 0) is 38.0 Å². The van der Waals surface area contributed by atoms with Crippen LogP contribution in [0.3, 0.4) is 0 Å². The number of nitrogen functional groups attached to an aromatic ring is 1. The highest BCUT2D eigenvalue weighted by molar-refractivity contribution is 6.32. The molecule has 0 amide bonds. The van der Waals surface area contributed by atoms with E-state index in [1.54, 1.807) is 7.11 Å². The lowest BCUT2D eigenvalue weighted by Crippen LogP contribution is -2.04. The van der Waals surface area contributed by atoms with E-state index in [9.17, 15) is 0 Å². The van der Waals surface area contributed by atoms with E-state index in [0.29, 0.717) is 16.7 Å². The molecule has 1 heterocycles. The van der Waals surface area contributed by atoms with Gasteiger partial charge in [-0.2, -0.15) is 0 Å².